The summed E-state index contributed by atoms with van der Waals surface area (Å²) in [5.74, 6) is -2.28. The molecule has 0 N–H and O–H groups in total. The lowest BCUT2D eigenvalue weighted by atomic mass is 9.98. The topological polar surface area (TPSA) is 117 Å². The van der Waals surface area contributed by atoms with Crippen molar-refractivity contribution in [3.63, 3.8) is 0 Å². The van der Waals surface area contributed by atoms with Gasteiger partial charge in [0.15, 0.2) is 10.3 Å². The molecule has 2 aliphatic rings. The van der Waals surface area contributed by atoms with E-state index < -0.39 is 127 Å². The first-order valence-corrected chi connectivity index (χ1v) is 32.7. The van der Waals surface area contributed by atoms with E-state index >= 15 is 0 Å². The second-order valence-electron chi connectivity index (χ2n) is 22.4. The Morgan fingerprint density at radius 1 is 0.542 bits per heavy atom. The summed E-state index contributed by atoms with van der Waals surface area (Å²) in [6, 6.07) is 15.5. The average molecular weight is 1380 g/mol. The number of rotatable bonds is 26. The van der Waals surface area contributed by atoms with E-state index in [4.69, 9.17) is 16.4 Å². The molecule has 0 bridgehead atoms. The van der Waals surface area contributed by atoms with E-state index in [0.29, 0.717) is 72.4 Å². The van der Waals surface area contributed by atoms with E-state index in [9.17, 15) is 59.8 Å². The fraction of sp³-hybridized carbons (Fsp3) is 0.378. The molecular weight excluding hydrogens is 1280 g/mol. The predicted octanol–water partition coefficient (Wildman–Crippen LogP) is 15.1. The van der Waals surface area contributed by atoms with E-state index in [1.807, 2.05) is 0 Å². The molecule has 0 fully saturated rings. The van der Waals surface area contributed by atoms with Crippen LogP contribution in [0.1, 0.15) is 129 Å². The van der Waals surface area contributed by atoms with Crippen molar-refractivity contribution in [2.24, 2.45) is 0 Å². The van der Waals surface area contributed by atoms with Crippen molar-refractivity contribution in [1.29, 1.82) is 0 Å². The summed E-state index contributed by atoms with van der Waals surface area (Å²) < 4.78 is 252. The SMILES string of the molecule is [2H]c1c([2H])c(-c2ccc(C(F)(F)F)cc2)c([2H])c(C)c1CN(CCN(C([2H])([2H])C)C([2H])([2H])C)C(=O)Cn1c(SCc2ccc(F)cc2)nc(=O)c2c1CCC2.[2H]c1c([2H])c(C([2H])([2H])N(C(=O)Cn2c(SCc3ccc(F)cc3)nc(=O)c3c2CCC3)C([2H])([2H])C([2H])([2H])N(CC)CC)c(C)c([2H])c1-c1ccc(C(F)(F)F)cc1. The van der Waals surface area contributed by atoms with Gasteiger partial charge in [0.1, 0.15) is 24.7 Å². The predicted molar refractivity (Wildman–Crippen MR) is 363 cm³/mol. The number of amides is 2. The molecule has 2 heterocycles. The van der Waals surface area contributed by atoms with Crippen molar-refractivity contribution in [3.05, 3.63) is 233 Å². The molecule has 0 saturated heterocycles. The van der Waals surface area contributed by atoms with Crippen molar-refractivity contribution < 1.29 is 66.6 Å². The van der Waals surface area contributed by atoms with Crippen LogP contribution >= 0.6 is 23.5 Å². The van der Waals surface area contributed by atoms with Crippen LogP contribution in [-0.2, 0) is 85.3 Å². The van der Waals surface area contributed by atoms with Crippen LogP contribution in [0.3, 0.4) is 0 Å². The first kappa shape index (κ1) is 53.2. The highest BCUT2D eigenvalue weighted by atomic mass is 32.2. The molecule has 8 aromatic rings. The second-order valence-corrected chi connectivity index (χ2v) is 24.2. The molecule has 22 heteroatoms. The van der Waals surface area contributed by atoms with Crippen LogP contribution in [0.25, 0.3) is 22.3 Å². The van der Waals surface area contributed by atoms with Crippen molar-refractivity contribution in [1.82, 2.24) is 38.7 Å². The number of thioether (sulfide) groups is 2. The molecule has 2 aliphatic carbocycles. The fourth-order valence-electron chi connectivity index (χ4n) is 10.7. The van der Waals surface area contributed by atoms with Gasteiger partial charge in [0, 0.05) is 81.4 Å². The van der Waals surface area contributed by atoms with Gasteiger partial charge in [-0.25, -0.2) is 8.78 Å². The summed E-state index contributed by atoms with van der Waals surface area (Å²) in [7, 11) is 0. The Labute approximate surface area is 586 Å². The third kappa shape index (κ3) is 18.8. The lowest BCUT2D eigenvalue weighted by Gasteiger charge is -2.28. The second kappa shape index (κ2) is 32.9. The molecular formula is C74H80F8N8O4S2. The van der Waals surface area contributed by atoms with Gasteiger partial charge in [0.05, 0.1) is 24.8 Å². The highest BCUT2D eigenvalue weighted by Gasteiger charge is 2.32. The Bertz CT molecular complexity index is 4880. The smallest absolute Gasteiger partial charge is 0.336 e. The third-order valence-electron chi connectivity index (χ3n) is 16.0. The van der Waals surface area contributed by atoms with Gasteiger partial charge >= 0.3 is 12.4 Å². The summed E-state index contributed by atoms with van der Waals surface area (Å²) in [4.78, 5) is 67.2. The van der Waals surface area contributed by atoms with Gasteiger partial charge in [-0.1, -0.05) is 136 Å². The number of carbonyl (C=O) groups excluding carboxylic acids is 2. The standard InChI is InChI=1S/2C37H40F4N4O2S/c2*1-4-43(5-2)19-20-44(22-29-12-11-28(21-25(29)3)27-13-15-30(16-14-27)37(39,40)41)34(46)23-45-33-8-6-7-32(33)35(47)42-36(45)48-24-26-9-17-31(38)18-10-26/h2*9-18,21H,4-8,19-20,22-24H2,1-3H3/i11D,12D,19D2,20D2,21D,22D2;4D2,5D2,11D,12D,21D. The molecule has 2 aromatic heterocycles. The normalized spacial score (nSPS) is 16.0. The van der Waals surface area contributed by atoms with Crippen LogP contribution in [0.2, 0.25) is 0 Å². The molecule has 12 nitrogen and oxygen atoms in total. The monoisotopic (exact) mass is 1380 g/mol. The lowest BCUT2D eigenvalue weighted by molar-refractivity contribution is -0.138. The first-order valence-electron chi connectivity index (χ1n) is 38.8. The quantitative estimate of drug-likeness (QED) is 0.0295. The molecule has 0 aliphatic heterocycles. The molecule has 6 aromatic carbocycles. The average Bonchev–Trinajstić information content (AvgIpc) is 1.26. The lowest BCUT2D eigenvalue weighted by Crippen LogP contribution is -2.40. The maximum atomic E-state index is 14.8. The first-order chi connectivity index (χ1) is 52.1. The maximum Gasteiger partial charge on any atom is 0.416 e. The number of likely N-dealkylation sites (N-methyl/N-ethyl adjacent to an activating group) is 2. The molecule has 0 spiro atoms. The van der Waals surface area contributed by atoms with Crippen LogP contribution in [0, 0.1) is 25.5 Å². The molecule has 96 heavy (non-hydrogen) atoms. The van der Waals surface area contributed by atoms with Gasteiger partial charge in [-0.15, -0.1) is 0 Å². The number of hydrogen-bond donors (Lipinski definition) is 0. The number of carbonyl (C=O) groups is 2. The van der Waals surface area contributed by atoms with Gasteiger partial charge in [0.2, 0.25) is 11.8 Å². The minimum atomic E-state index is -4.68. The molecule has 508 valence electrons. The molecule has 10 rings (SSSR count). The van der Waals surface area contributed by atoms with E-state index in [1.54, 1.807) is 30.5 Å². The number of hydrogen-bond acceptors (Lipinski definition) is 10. The Balaban J connectivity index is 0.000000257. The largest absolute Gasteiger partial charge is 0.416 e. The number of benzene rings is 6. The Hall–Kier alpha value is -7.92. The van der Waals surface area contributed by atoms with Crippen LogP contribution in [-0.4, -0.2) is 103 Å². The van der Waals surface area contributed by atoms with Crippen molar-refractivity contribution in [2.45, 2.75) is 140 Å². The highest BCUT2D eigenvalue weighted by molar-refractivity contribution is 7.98. The number of aromatic nitrogens is 4. The number of fused-ring (bicyclic) bond motifs is 2. The number of nitrogens with zero attached hydrogens (tertiary/aromatic N) is 8. The Morgan fingerprint density at radius 3 is 1.40 bits per heavy atom. The zero-order chi connectivity index (χ0) is 83.0. The van der Waals surface area contributed by atoms with Gasteiger partial charge in [-0.3, -0.25) is 19.2 Å². The number of alkyl halides is 6. The van der Waals surface area contributed by atoms with Gasteiger partial charge in [-0.2, -0.15) is 36.3 Å². The molecule has 0 radical (unpaired) electrons. The van der Waals surface area contributed by atoms with Crippen molar-refractivity contribution in [3.8, 4) is 22.3 Å². The fourth-order valence-corrected chi connectivity index (χ4v) is 12.6. The molecule has 2 amide bonds. The Kier molecular flexibility index (Phi) is 18.2. The number of halogens is 8. The van der Waals surface area contributed by atoms with Gasteiger partial charge in [0.25, 0.3) is 11.1 Å². The zero-order valence-electron chi connectivity index (χ0n) is 69.4. The van der Waals surface area contributed by atoms with Crippen LogP contribution in [0.15, 0.2) is 153 Å². The summed E-state index contributed by atoms with van der Waals surface area (Å²) in [6.07, 6.45) is -6.48. The minimum Gasteiger partial charge on any atom is -0.336 e. The summed E-state index contributed by atoms with van der Waals surface area (Å²) in [5.41, 5.74) is -0.740. The van der Waals surface area contributed by atoms with Gasteiger partial charge in [-0.05, 0) is 183 Å². The maximum absolute atomic E-state index is 14.8. The minimum absolute atomic E-state index is 0.0197. The van der Waals surface area contributed by atoms with E-state index in [2.05, 4.69) is 9.97 Å². The highest BCUT2D eigenvalue weighted by Crippen LogP contribution is 2.35. The summed E-state index contributed by atoms with van der Waals surface area (Å²) in [6.45, 7) is -8.34. The molecule has 0 unspecified atom stereocenters. The van der Waals surface area contributed by atoms with E-state index in [0.717, 1.165) is 75.7 Å². The molecule has 0 atom stereocenters. The summed E-state index contributed by atoms with van der Waals surface area (Å²) >= 11 is 2.21. The Morgan fingerprint density at radius 2 is 0.969 bits per heavy atom. The third-order valence-corrected chi connectivity index (χ3v) is 18.1. The van der Waals surface area contributed by atoms with Crippen LogP contribution in [0.4, 0.5) is 35.1 Å². The van der Waals surface area contributed by atoms with Crippen molar-refractivity contribution >= 4 is 35.3 Å². The zero-order valence-corrected chi connectivity index (χ0v) is 55.0. The van der Waals surface area contributed by atoms with Crippen LogP contribution < -0.4 is 11.1 Å². The molecule has 0 saturated carbocycles. The van der Waals surface area contributed by atoms with Crippen molar-refractivity contribution in [2.75, 3.05) is 52.2 Å². The van der Waals surface area contributed by atoms with E-state index in [-0.39, 0.29) is 111 Å². The van der Waals surface area contributed by atoms with E-state index in [1.165, 1.54) is 85.3 Å². The summed E-state index contributed by atoms with van der Waals surface area (Å²) in [5, 5.41) is 0.270. The van der Waals surface area contributed by atoms with Gasteiger partial charge < -0.3 is 28.7 Å². The van der Waals surface area contributed by atoms with Crippen LogP contribution in [0.5, 0.6) is 0 Å².